The second kappa shape index (κ2) is 4.42. The molecule has 74 valence electrons. The van der Waals surface area contributed by atoms with Crippen molar-refractivity contribution in [3.63, 3.8) is 0 Å². The molecule has 1 aromatic carbocycles. The number of rotatable bonds is 3. The maximum Gasteiger partial charge on any atom is 0.130 e. The van der Waals surface area contributed by atoms with E-state index in [-0.39, 0.29) is 0 Å². The Morgan fingerprint density at radius 3 is 2.47 bits per heavy atom. The zero-order chi connectivity index (χ0) is 10.5. The van der Waals surface area contributed by atoms with E-state index in [9.17, 15) is 0 Å². The molecule has 0 spiro atoms. The van der Waals surface area contributed by atoms with Gasteiger partial charge in [0.1, 0.15) is 5.82 Å². The molecular formula is C13H12N2. The van der Waals surface area contributed by atoms with Crippen molar-refractivity contribution < 1.29 is 0 Å². The van der Waals surface area contributed by atoms with E-state index in [0.29, 0.717) is 0 Å². The Bertz CT molecular complexity index is 432. The lowest BCUT2D eigenvalue weighted by molar-refractivity contribution is 1.30. The van der Waals surface area contributed by atoms with Crippen molar-refractivity contribution in [2.75, 3.05) is 5.32 Å². The number of anilines is 2. The van der Waals surface area contributed by atoms with Gasteiger partial charge in [-0.3, -0.25) is 0 Å². The largest absolute Gasteiger partial charge is 0.340 e. The third kappa shape index (κ3) is 2.44. The summed E-state index contributed by atoms with van der Waals surface area (Å²) in [4.78, 5) is 4.26. The fraction of sp³-hybridized carbons (Fsp3) is 0. The van der Waals surface area contributed by atoms with Crippen molar-refractivity contribution in [1.29, 1.82) is 0 Å². The number of para-hydroxylation sites is 1. The first-order valence-corrected chi connectivity index (χ1v) is 4.79. The monoisotopic (exact) mass is 196 g/mol. The van der Waals surface area contributed by atoms with Gasteiger partial charge in [-0.15, -0.1) is 0 Å². The molecule has 0 saturated carbocycles. The van der Waals surface area contributed by atoms with Crippen molar-refractivity contribution in [2.24, 2.45) is 0 Å². The average Bonchev–Trinajstić information content (AvgIpc) is 2.31. The fourth-order valence-electron chi connectivity index (χ4n) is 1.27. The molecule has 0 bridgehead atoms. The minimum atomic E-state index is 0.840. The van der Waals surface area contributed by atoms with Gasteiger partial charge in [-0.25, -0.2) is 4.98 Å². The minimum Gasteiger partial charge on any atom is -0.340 e. The van der Waals surface area contributed by atoms with Crippen molar-refractivity contribution in [3.8, 4) is 0 Å². The highest BCUT2D eigenvalue weighted by atomic mass is 15.0. The summed E-state index contributed by atoms with van der Waals surface area (Å²) >= 11 is 0. The summed E-state index contributed by atoms with van der Waals surface area (Å²) < 4.78 is 0. The van der Waals surface area contributed by atoms with Crippen molar-refractivity contribution in [1.82, 2.24) is 4.98 Å². The summed E-state index contributed by atoms with van der Waals surface area (Å²) in [5, 5.41) is 3.21. The van der Waals surface area contributed by atoms with Crippen LogP contribution >= 0.6 is 0 Å². The number of hydrogen-bond acceptors (Lipinski definition) is 2. The van der Waals surface area contributed by atoms with E-state index < -0.39 is 0 Å². The third-order valence-electron chi connectivity index (χ3n) is 2.07. The van der Waals surface area contributed by atoms with Crippen LogP contribution in [-0.2, 0) is 0 Å². The molecular weight excluding hydrogens is 184 g/mol. The first-order chi connectivity index (χ1) is 7.38. The normalized spacial score (nSPS) is 9.60. The second-order valence-corrected chi connectivity index (χ2v) is 3.17. The van der Waals surface area contributed by atoms with Crippen LogP contribution in [0.25, 0.3) is 6.08 Å². The Kier molecular flexibility index (Phi) is 2.79. The van der Waals surface area contributed by atoms with Gasteiger partial charge in [0.05, 0.1) is 0 Å². The molecule has 2 rings (SSSR count). The van der Waals surface area contributed by atoms with Gasteiger partial charge >= 0.3 is 0 Å². The van der Waals surface area contributed by atoms with Crippen molar-refractivity contribution >= 4 is 17.6 Å². The van der Waals surface area contributed by atoms with Gasteiger partial charge in [-0.2, -0.15) is 0 Å². The van der Waals surface area contributed by atoms with Crippen LogP contribution in [0.5, 0.6) is 0 Å². The highest BCUT2D eigenvalue weighted by molar-refractivity contribution is 5.57. The van der Waals surface area contributed by atoms with Crippen LogP contribution < -0.4 is 5.32 Å². The molecule has 0 fully saturated rings. The Labute approximate surface area is 89.3 Å². The highest BCUT2D eigenvalue weighted by Gasteiger charge is 1.94. The van der Waals surface area contributed by atoms with Crippen molar-refractivity contribution in [3.05, 3.63) is 60.8 Å². The van der Waals surface area contributed by atoms with Crippen LogP contribution in [0.15, 0.2) is 55.2 Å². The summed E-state index contributed by atoms with van der Waals surface area (Å²) in [6, 6.07) is 13.9. The summed E-state index contributed by atoms with van der Waals surface area (Å²) in [5.74, 6) is 0.840. The lowest BCUT2D eigenvalue weighted by Gasteiger charge is -2.04. The summed E-state index contributed by atoms with van der Waals surface area (Å²) in [6.45, 7) is 3.68. The standard InChI is InChI=1S/C13H12N2/c1-2-11-8-9-13(14-10-11)15-12-6-4-3-5-7-12/h2-10H,1H2,(H,14,15). The van der Waals surface area contributed by atoms with Gasteiger partial charge in [0, 0.05) is 11.9 Å². The Hall–Kier alpha value is -2.09. The molecule has 0 amide bonds. The Morgan fingerprint density at radius 1 is 1.07 bits per heavy atom. The lowest BCUT2D eigenvalue weighted by Crippen LogP contribution is -1.92. The first-order valence-electron chi connectivity index (χ1n) is 4.79. The number of benzene rings is 1. The van der Waals surface area contributed by atoms with Gasteiger partial charge < -0.3 is 5.32 Å². The molecule has 0 atom stereocenters. The number of hydrogen-bond donors (Lipinski definition) is 1. The molecule has 1 N–H and O–H groups in total. The molecule has 0 radical (unpaired) electrons. The zero-order valence-corrected chi connectivity index (χ0v) is 8.35. The van der Waals surface area contributed by atoms with E-state index in [4.69, 9.17) is 0 Å². The third-order valence-corrected chi connectivity index (χ3v) is 2.07. The SMILES string of the molecule is C=Cc1ccc(Nc2ccccc2)nc1. The lowest BCUT2D eigenvalue weighted by atomic mass is 10.3. The van der Waals surface area contributed by atoms with E-state index in [1.54, 1.807) is 12.3 Å². The summed E-state index contributed by atoms with van der Waals surface area (Å²) in [5.41, 5.74) is 2.06. The molecule has 1 heterocycles. The summed E-state index contributed by atoms with van der Waals surface area (Å²) in [7, 11) is 0. The minimum absolute atomic E-state index is 0.840. The smallest absolute Gasteiger partial charge is 0.130 e. The number of nitrogens with one attached hydrogen (secondary N) is 1. The van der Waals surface area contributed by atoms with E-state index in [1.165, 1.54) is 0 Å². The van der Waals surface area contributed by atoms with Crippen molar-refractivity contribution in [2.45, 2.75) is 0 Å². The Morgan fingerprint density at radius 2 is 1.87 bits per heavy atom. The molecule has 2 heteroatoms. The molecule has 0 aliphatic rings. The molecule has 0 unspecified atom stereocenters. The second-order valence-electron chi connectivity index (χ2n) is 3.17. The fourth-order valence-corrected chi connectivity index (χ4v) is 1.27. The van der Waals surface area contributed by atoms with Gasteiger partial charge in [0.2, 0.25) is 0 Å². The van der Waals surface area contributed by atoms with E-state index >= 15 is 0 Å². The highest BCUT2D eigenvalue weighted by Crippen LogP contribution is 2.13. The van der Waals surface area contributed by atoms with E-state index in [1.807, 2.05) is 42.5 Å². The molecule has 1 aromatic heterocycles. The van der Waals surface area contributed by atoms with Crippen LogP contribution in [0.4, 0.5) is 11.5 Å². The maximum atomic E-state index is 4.26. The van der Waals surface area contributed by atoms with Crippen LogP contribution in [0.2, 0.25) is 0 Å². The van der Waals surface area contributed by atoms with E-state index in [0.717, 1.165) is 17.1 Å². The predicted molar refractivity (Wildman–Crippen MR) is 64.1 cm³/mol. The van der Waals surface area contributed by atoms with Crippen LogP contribution in [-0.4, -0.2) is 4.98 Å². The van der Waals surface area contributed by atoms with Gasteiger partial charge in [0.25, 0.3) is 0 Å². The average molecular weight is 196 g/mol. The van der Waals surface area contributed by atoms with Crippen LogP contribution in [0.1, 0.15) is 5.56 Å². The van der Waals surface area contributed by atoms with Gasteiger partial charge in [0.15, 0.2) is 0 Å². The maximum absolute atomic E-state index is 4.26. The molecule has 15 heavy (non-hydrogen) atoms. The van der Waals surface area contributed by atoms with Gasteiger partial charge in [-0.1, -0.05) is 30.9 Å². The molecule has 2 aromatic rings. The topological polar surface area (TPSA) is 24.9 Å². The predicted octanol–water partition coefficient (Wildman–Crippen LogP) is 3.47. The number of nitrogens with zero attached hydrogens (tertiary/aromatic N) is 1. The number of aromatic nitrogens is 1. The molecule has 2 nitrogen and oxygen atoms in total. The zero-order valence-electron chi connectivity index (χ0n) is 8.35. The Balaban J connectivity index is 2.15. The quantitative estimate of drug-likeness (QED) is 0.813. The van der Waals surface area contributed by atoms with E-state index in [2.05, 4.69) is 16.9 Å². The molecule has 0 saturated heterocycles. The molecule has 0 aliphatic carbocycles. The first kappa shape index (κ1) is 9.46. The number of pyridine rings is 1. The summed E-state index contributed by atoms with van der Waals surface area (Å²) in [6.07, 6.45) is 3.57. The van der Waals surface area contributed by atoms with Gasteiger partial charge in [-0.05, 0) is 29.8 Å². The van der Waals surface area contributed by atoms with Crippen LogP contribution in [0, 0.1) is 0 Å². The molecule has 0 aliphatic heterocycles. The van der Waals surface area contributed by atoms with Crippen LogP contribution in [0.3, 0.4) is 0 Å².